The van der Waals surface area contributed by atoms with Crippen molar-refractivity contribution in [3.8, 4) is 17.2 Å². The molecule has 11 heteroatoms. The lowest BCUT2D eigenvalue weighted by Crippen LogP contribution is -2.29. The number of esters is 1. The third-order valence-electron chi connectivity index (χ3n) is 6.29. The molecule has 0 saturated heterocycles. The molecule has 0 spiro atoms. The Balaban J connectivity index is 1.77. The Morgan fingerprint density at radius 2 is 1.82 bits per heavy atom. The first-order valence-electron chi connectivity index (χ1n) is 11.8. The van der Waals surface area contributed by atoms with E-state index in [0.717, 1.165) is 11.3 Å². The Kier molecular flexibility index (Phi) is 6.83. The summed E-state index contributed by atoms with van der Waals surface area (Å²) in [6.07, 6.45) is 1.46. The van der Waals surface area contributed by atoms with Crippen molar-refractivity contribution in [3.63, 3.8) is 0 Å². The van der Waals surface area contributed by atoms with Crippen molar-refractivity contribution in [1.82, 2.24) is 4.98 Å². The fourth-order valence-electron chi connectivity index (χ4n) is 4.57. The van der Waals surface area contributed by atoms with E-state index in [1.807, 2.05) is 0 Å². The third kappa shape index (κ3) is 4.20. The van der Waals surface area contributed by atoms with E-state index in [1.54, 1.807) is 43.3 Å². The Hall–Kier alpha value is -4.64. The normalized spacial score (nSPS) is 14.3. The number of methoxy groups -OCH3 is 3. The fraction of sp³-hybridized carbons (Fsp3) is 0.214. The zero-order valence-corrected chi connectivity index (χ0v) is 22.4. The molecule has 1 amide bonds. The molecule has 2 aromatic heterocycles. The van der Waals surface area contributed by atoms with Gasteiger partial charge >= 0.3 is 5.97 Å². The fourth-order valence-corrected chi connectivity index (χ4v) is 5.55. The number of aromatic nitrogens is 1. The molecule has 0 N–H and O–H groups in total. The Bertz CT molecular complexity index is 1660. The van der Waals surface area contributed by atoms with E-state index in [-0.39, 0.29) is 39.0 Å². The first-order valence-corrected chi connectivity index (χ1v) is 12.6. The van der Waals surface area contributed by atoms with Crippen LogP contribution in [0.2, 0.25) is 0 Å². The van der Waals surface area contributed by atoms with Crippen LogP contribution in [0.1, 0.15) is 43.1 Å². The molecule has 0 bridgehead atoms. The monoisotopic (exact) mass is 548 g/mol. The minimum atomic E-state index is -0.968. The van der Waals surface area contributed by atoms with Gasteiger partial charge in [0.25, 0.3) is 5.91 Å². The molecule has 3 heterocycles. The number of carbonyl (C=O) groups excluding carboxylic acids is 2. The molecule has 0 fully saturated rings. The molecule has 1 atom stereocenters. The van der Waals surface area contributed by atoms with E-state index in [0.29, 0.717) is 33.9 Å². The van der Waals surface area contributed by atoms with Crippen molar-refractivity contribution < 1.29 is 33.0 Å². The van der Waals surface area contributed by atoms with E-state index in [1.165, 1.54) is 32.3 Å². The summed E-state index contributed by atoms with van der Waals surface area (Å²) in [7, 11) is 4.42. The number of rotatable bonds is 8. The molecular weight excluding hydrogens is 524 g/mol. The predicted octanol–water partition coefficient (Wildman–Crippen LogP) is 4.68. The van der Waals surface area contributed by atoms with Gasteiger partial charge in [0.1, 0.15) is 17.1 Å². The van der Waals surface area contributed by atoms with Crippen LogP contribution in [0.5, 0.6) is 17.2 Å². The quantitative estimate of drug-likeness (QED) is 0.229. The van der Waals surface area contributed by atoms with Gasteiger partial charge in [-0.1, -0.05) is 36.1 Å². The van der Waals surface area contributed by atoms with Crippen molar-refractivity contribution in [3.05, 3.63) is 86.7 Å². The molecule has 0 aliphatic carbocycles. The molecule has 2 aromatic carbocycles. The van der Waals surface area contributed by atoms with Gasteiger partial charge in [-0.05, 0) is 36.8 Å². The van der Waals surface area contributed by atoms with Crippen molar-refractivity contribution in [2.24, 2.45) is 0 Å². The number of thiazole rings is 1. The van der Waals surface area contributed by atoms with Gasteiger partial charge in [-0.3, -0.25) is 14.5 Å². The average molecular weight is 549 g/mol. The van der Waals surface area contributed by atoms with Gasteiger partial charge in [-0.25, -0.2) is 9.78 Å². The molecule has 1 aliphatic heterocycles. The molecule has 10 nitrogen and oxygen atoms in total. The van der Waals surface area contributed by atoms with Crippen LogP contribution in [-0.4, -0.2) is 44.8 Å². The summed E-state index contributed by atoms with van der Waals surface area (Å²) in [6.45, 7) is 5.22. The maximum atomic E-state index is 13.9. The number of nitrogens with zero attached hydrogens (tertiary/aromatic N) is 2. The predicted molar refractivity (Wildman–Crippen MR) is 145 cm³/mol. The maximum Gasteiger partial charge on any atom is 0.350 e. The van der Waals surface area contributed by atoms with Gasteiger partial charge in [-0.15, -0.1) is 0 Å². The van der Waals surface area contributed by atoms with Crippen LogP contribution >= 0.6 is 11.3 Å². The first kappa shape index (κ1) is 26.0. The smallest absolute Gasteiger partial charge is 0.350 e. The first-order chi connectivity index (χ1) is 18.8. The minimum Gasteiger partial charge on any atom is -0.493 e. The van der Waals surface area contributed by atoms with Gasteiger partial charge < -0.3 is 23.4 Å². The molecule has 0 saturated carbocycles. The van der Waals surface area contributed by atoms with Crippen molar-refractivity contribution >= 4 is 39.3 Å². The number of anilines is 1. The number of fused-ring (bicyclic) bond motifs is 2. The molecule has 200 valence electrons. The lowest BCUT2D eigenvalue weighted by molar-refractivity contribution is 0.0554. The highest BCUT2D eigenvalue weighted by Crippen LogP contribution is 2.47. The Morgan fingerprint density at radius 3 is 2.46 bits per heavy atom. The molecular formula is C28H24N2O8S. The van der Waals surface area contributed by atoms with Crippen molar-refractivity contribution in [1.29, 1.82) is 0 Å². The van der Waals surface area contributed by atoms with Gasteiger partial charge in [0.2, 0.25) is 11.5 Å². The Labute approximate surface area is 227 Å². The highest BCUT2D eigenvalue weighted by molar-refractivity contribution is 7.17. The standard InChI is InChI=1S/C28H24N2O8S/c1-6-11-37-27(33)25-14(2)29-28(39-25)30-21(15-12-18(34-3)23(36-5)19(13-15)35-4)20-22(31)16-9-7-8-10-17(16)38-24(20)26(30)32/h6-10,12-13,21H,1,11H2,2-5H3/t21-/m1/s1. The molecule has 0 unspecified atom stereocenters. The van der Waals surface area contributed by atoms with E-state index in [9.17, 15) is 14.4 Å². The van der Waals surface area contributed by atoms with E-state index < -0.39 is 17.9 Å². The highest BCUT2D eigenvalue weighted by Gasteiger charge is 2.46. The summed E-state index contributed by atoms with van der Waals surface area (Å²) in [6, 6.07) is 9.07. The second-order valence-electron chi connectivity index (χ2n) is 8.50. The van der Waals surface area contributed by atoms with Gasteiger partial charge in [0.15, 0.2) is 22.1 Å². The number of hydrogen-bond donors (Lipinski definition) is 0. The second kappa shape index (κ2) is 10.3. The van der Waals surface area contributed by atoms with Crippen LogP contribution in [0.4, 0.5) is 5.13 Å². The summed E-state index contributed by atoms with van der Waals surface area (Å²) < 4.78 is 27.7. The summed E-state index contributed by atoms with van der Waals surface area (Å²) in [4.78, 5) is 46.5. The van der Waals surface area contributed by atoms with Crippen LogP contribution in [0.25, 0.3) is 11.0 Å². The average Bonchev–Trinajstić information content (AvgIpc) is 3.47. The molecule has 5 rings (SSSR count). The topological polar surface area (TPSA) is 117 Å². The molecule has 1 aliphatic rings. The summed E-state index contributed by atoms with van der Waals surface area (Å²) in [5.74, 6) is -0.261. The molecule has 39 heavy (non-hydrogen) atoms. The van der Waals surface area contributed by atoms with Crippen LogP contribution in [0.3, 0.4) is 0 Å². The maximum absolute atomic E-state index is 13.9. The number of para-hydroxylation sites is 1. The zero-order valence-electron chi connectivity index (χ0n) is 21.6. The number of aryl methyl sites for hydroxylation is 1. The number of amides is 1. The zero-order chi connectivity index (χ0) is 27.8. The van der Waals surface area contributed by atoms with E-state index in [4.69, 9.17) is 23.4 Å². The SMILES string of the molecule is C=CCOC(=O)c1sc(N2C(=O)c3oc4ccccc4c(=O)c3[C@H]2c2cc(OC)c(OC)c(OC)c2)nc1C. The van der Waals surface area contributed by atoms with E-state index in [2.05, 4.69) is 11.6 Å². The molecule has 4 aromatic rings. The number of hydrogen-bond acceptors (Lipinski definition) is 10. The molecule has 0 radical (unpaired) electrons. The largest absolute Gasteiger partial charge is 0.493 e. The van der Waals surface area contributed by atoms with Crippen molar-refractivity contribution in [2.45, 2.75) is 13.0 Å². The van der Waals surface area contributed by atoms with Crippen LogP contribution < -0.4 is 24.5 Å². The second-order valence-corrected chi connectivity index (χ2v) is 9.48. The Morgan fingerprint density at radius 1 is 1.13 bits per heavy atom. The van der Waals surface area contributed by atoms with Crippen LogP contribution in [0.15, 0.2) is 58.3 Å². The summed E-state index contributed by atoms with van der Waals surface area (Å²) in [5.41, 5.74) is 0.921. The van der Waals surface area contributed by atoms with Crippen LogP contribution in [0, 0.1) is 6.92 Å². The van der Waals surface area contributed by atoms with Gasteiger partial charge in [-0.2, -0.15) is 0 Å². The number of ether oxygens (including phenoxy) is 4. The van der Waals surface area contributed by atoms with Gasteiger partial charge in [0.05, 0.1) is 44.0 Å². The number of benzene rings is 2. The van der Waals surface area contributed by atoms with E-state index >= 15 is 0 Å². The summed E-state index contributed by atoms with van der Waals surface area (Å²) >= 11 is 0.980. The third-order valence-corrected chi connectivity index (χ3v) is 7.43. The van der Waals surface area contributed by atoms with Crippen molar-refractivity contribution in [2.75, 3.05) is 32.8 Å². The minimum absolute atomic E-state index is 0.0265. The lowest BCUT2D eigenvalue weighted by Gasteiger charge is -2.24. The van der Waals surface area contributed by atoms with Crippen LogP contribution in [-0.2, 0) is 4.74 Å². The highest BCUT2D eigenvalue weighted by atomic mass is 32.1. The summed E-state index contributed by atoms with van der Waals surface area (Å²) in [5, 5.41) is 0.518. The van der Waals surface area contributed by atoms with Gasteiger partial charge in [0, 0.05) is 0 Å². The number of carbonyl (C=O) groups is 2. The lowest BCUT2D eigenvalue weighted by atomic mass is 9.98.